The van der Waals surface area contributed by atoms with Crippen LogP contribution in [-0.4, -0.2) is 25.3 Å². The largest absolute Gasteiger partial charge is 0.478 e. The van der Waals surface area contributed by atoms with Crippen LogP contribution in [0, 0.1) is 6.92 Å². The number of halogens is 2. The van der Waals surface area contributed by atoms with Crippen LogP contribution in [0.5, 0.6) is 0 Å². The van der Waals surface area contributed by atoms with E-state index in [4.69, 9.17) is 5.11 Å². The predicted octanol–water partition coefficient (Wildman–Crippen LogP) is 1.69. The van der Waals surface area contributed by atoms with Gasteiger partial charge in [0.2, 0.25) is 9.84 Å². The van der Waals surface area contributed by atoms with Crippen molar-refractivity contribution >= 4 is 15.8 Å². The minimum Gasteiger partial charge on any atom is -0.478 e. The van der Waals surface area contributed by atoms with Gasteiger partial charge in [-0.1, -0.05) is 6.07 Å². The summed E-state index contributed by atoms with van der Waals surface area (Å²) in [6.07, 6.45) is 0. The van der Waals surface area contributed by atoms with Crippen LogP contribution in [0.2, 0.25) is 0 Å². The SMILES string of the molecule is Cc1ccc(C(=O)O)cc1S(=O)(=O)C(F)F. The molecule has 4 nitrogen and oxygen atoms in total. The number of sulfone groups is 1. The van der Waals surface area contributed by atoms with Crippen molar-refractivity contribution in [2.45, 2.75) is 17.6 Å². The summed E-state index contributed by atoms with van der Waals surface area (Å²) >= 11 is 0. The Balaban J connectivity index is 3.45. The smallest absolute Gasteiger partial charge is 0.341 e. The van der Waals surface area contributed by atoms with Gasteiger partial charge in [0.25, 0.3) is 0 Å². The number of hydrogen-bond acceptors (Lipinski definition) is 3. The maximum atomic E-state index is 12.3. The standard InChI is InChI=1S/C9H8F2O4S/c1-5-2-3-6(8(12)13)4-7(5)16(14,15)9(10)11/h2-4,9H,1H3,(H,12,13). The third-order valence-corrected chi connectivity index (χ3v) is 3.50. The van der Waals surface area contributed by atoms with E-state index in [-0.39, 0.29) is 11.1 Å². The van der Waals surface area contributed by atoms with Gasteiger partial charge in [-0.15, -0.1) is 0 Å². The van der Waals surface area contributed by atoms with Crippen LogP contribution < -0.4 is 0 Å². The number of aryl methyl sites for hydroxylation is 1. The number of carbonyl (C=O) groups is 1. The van der Waals surface area contributed by atoms with E-state index < -0.39 is 26.5 Å². The van der Waals surface area contributed by atoms with E-state index in [1.165, 1.54) is 13.0 Å². The predicted molar refractivity (Wildman–Crippen MR) is 51.3 cm³/mol. The first-order chi connectivity index (χ1) is 7.26. The van der Waals surface area contributed by atoms with Gasteiger partial charge >= 0.3 is 11.7 Å². The van der Waals surface area contributed by atoms with Crippen molar-refractivity contribution in [2.75, 3.05) is 0 Å². The molecular weight excluding hydrogens is 242 g/mol. The second-order valence-electron chi connectivity index (χ2n) is 3.09. The van der Waals surface area contributed by atoms with E-state index in [0.717, 1.165) is 12.1 Å². The van der Waals surface area contributed by atoms with Crippen LogP contribution >= 0.6 is 0 Å². The summed E-state index contributed by atoms with van der Waals surface area (Å²) in [6, 6.07) is 3.07. The zero-order chi connectivity index (χ0) is 12.5. The molecule has 1 rings (SSSR count). The number of alkyl halides is 2. The number of hydrogen-bond donors (Lipinski definition) is 1. The molecule has 1 aromatic carbocycles. The number of carboxylic acid groups (broad SMARTS) is 1. The molecule has 0 aliphatic rings. The van der Waals surface area contributed by atoms with Crippen LogP contribution in [-0.2, 0) is 9.84 Å². The van der Waals surface area contributed by atoms with Gasteiger partial charge in [0.1, 0.15) is 0 Å². The van der Waals surface area contributed by atoms with E-state index in [9.17, 15) is 22.0 Å². The lowest BCUT2D eigenvalue weighted by Gasteiger charge is -2.07. The van der Waals surface area contributed by atoms with Gasteiger partial charge in [-0.25, -0.2) is 13.2 Å². The maximum Gasteiger partial charge on any atom is 0.341 e. The zero-order valence-corrected chi connectivity index (χ0v) is 8.96. The average molecular weight is 250 g/mol. The number of carboxylic acids is 1. The lowest BCUT2D eigenvalue weighted by molar-refractivity contribution is 0.0696. The average Bonchev–Trinajstić information content (AvgIpc) is 2.17. The highest BCUT2D eigenvalue weighted by atomic mass is 32.2. The van der Waals surface area contributed by atoms with Crippen LogP contribution in [0.3, 0.4) is 0 Å². The van der Waals surface area contributed by atoms with E-state index in [1.54, 1.807) is 0 Å². The Morgan fingerprint density at radius 2 is 1.94 bits per heavy atom. The van der Waals surface area contributed by atoms with Gasteiger partial charge in [-0.3, -0.25) is 0 Å². The quantitative estimate of drug-likeness (QED) is 0.886. The lowest BCUT2D eigenvalue weighted by atomic mass is 10.1. The van der Waals surface area contributed by atoms with Crippen LogP contribution in [0.25, 0.3) is 0 Å². The van der Waals surface area contributed by atoms with Gasteiger partial charge in [0, 0.05) is 0 Å². The second kappa shape index (κ2) is 4.17. The molecule has 1 N–H and O–H groups in total. The van der Waals surface area contributed by atoms with Crippen molar-refractivity contribution in [2.24, 2.45) is 0 Å². The molecule has 0 atom stereocenters. The Bertz CT molecular complexity index is 522. The molecule has 0 aliphatic heterocycles. The molecule has 0 bridgehead atoms. The fourth-order valence-electron chi connectivity index (χ4n) is 1.14. The summed E-state index contributed by atoms with van der Waals surface area (Å²) < 4.78 is 46.9. The highest BCUT2D eigenvalue weighted by molar-refractivity contribution is 7.91. The number of aromatic carboxylic acids is 1. The summed E-state index contributed by atoms with van der Waals surface area (Å²) in [7, 11) is -4.76. The minimum absolute atomic E-state index is 0.0882. The first kappa shape index (κ1) is 12.6. The Labute approximate surface area is 90.4 Å². The van der Waals surface area contributed by atoms with Crippen LogP contribution in [0.4, 0.5) is 8.78 Å². The molecule has 16 heavy (non-hydrogen) atoms. The highest BCUT2D eigenvalue weighted by Gasteiger charge is 2.28. The molecule has 88 valence electrons. The second-order valence-corrected chi connectivity index (χ2v) is 4.98. The summed E-state index contributed by atoms with van der Waals surface area (Å²) in [5.74, 6) is -4.93. The molecule has 0 aliphatic carbocycles. The van der Waals surface area contributed by atoms with Crippen molar-refractivity contribution < 1.29 is 27.1 Å². The van der Waals surface area contributed by atoms with Gasteiger partial charge in [-0.05, 0) is 24.6 Å². The lowest BCUT2D eigenvalue weighted by Crippen LogP contribution is -2.13. The van der Waals surface area contributed by atoms with E-state index in [2.05, 4.69) is 0 Å². The molecule has 0 heterocycles. The molecule has 0 fully saturated rings. The third-order valence-electron chi connectivity index (χ3n) is 1.98. The summed E-state index contributed by atoms with van der Waals surface area (Å²) in [6.45, 7) is 1.32. The Hall–Kier alpha value is -1.50. The molecule has 1 aromatic rings. The first-order valence-corrected chi connectivity index (χ1v) is 5.67. The number of benzene rings is 1. The minimum atomic E-state index is -4.76. The van der Waals surface area contributed by atoms with Crippen LogP contribution in [0.1, 0.15) is 15.9 Å². The Morgan fingerprint density at radius 3 is 2.38 bits per heavy atom. The highest BCUT2D eigenvalue weighted by Crippen LogP contribution is 2.23. The summed E-state index contributed by atoms with van der Waals surface area (Å²) in [5, 5.41) is 8.62. The molecule has 7 heteroatoms. The van der Waals surface area contributed by atoms with Gasteiger partial charge in [-0.2, -0.15) is 8.78 Å². The molecule has 0 radical (unpaired) electrons. The fraction of sp³-hybridized carbons (Fsp3) is 0.222. The van der Waals surface area contributed by atoms with Crippen molar-refractivity contribution in [3.05, 3.63) is 29.3 Å². The van der Waals surface area contributed by atoms with E-state index in [1.807, 2.05) is 0 Å². The van der Waals surface area contributed by atoms with Crippen LogP contribution in [0.15, 0.2) is 23.1 Å². The molecule has 0 unspecified atom stereocenters. The summed E-state index contributed by atoms with van der Waals surface area (Å²) in [4.78, 5) is 9.93. The van der Waals surface area contributed by atoms with Gasteiger partial charge in [0.05, 0.1) is 10.5 Å². The molecule has 0 aromatic heterocycles. The third kappa shape index (κ3) is 2.19. The summed E-state index contributed by atoms with van der Waals surface area (Å²) in [5.41, 5.74) is -0.255. The van der Waals surface area contributed by atoms with Gasteiger partial charge in [0.15, 0.2) is 0 Å². The topological polar surface area (TPSA) is 71.4 Å². The molecule has 0 saturated carbocycles. The number of rotatable bonds is 3. The Kier molecular flexibility index (Phi) is 3.27. The van der Waals surface area contributed by atoms with Crippen molar-refractivity contribution in [3.8, 4) is 0 Å². The normalized spacial score (nSPS) is 11.8. The Morgan fingerprint density at radius 1 is 1.38 bits per heavy atom. The molecule has 0 amide bonds. The van der Waals surface area contributed by atoms with E-state index >= 15 is 0 Å². The van der Waals surface area contributed by atoms with Crippen molar-refractivity contribution in [1.29, 1.82) is 0 Å². The molecule has 0 saturated heterocycles. The van der Waals surface area contributed by atoms with Crippen molar-refractivity contribution in [3.63, 3.8) is 0 Å². The van der Waals surface area contributed by atoms with Crippen molar-refractivity contribution in [1.82, 2.24) is 0 Å². The zero-order valence-electron chi connectivity index (χ0n) is 8.15. The molecule has 0 spiro atoms. The van der Waals surface area contributed by atoms with E-state index in [0.29, 0.717) is 0 Å². The fourth-order valence-corrected chi connectivity index (χ4v) is 2.14. The molecular formula is C9H8F2O4S. The van der Waals surface area contributed by atoms with Gasteiger partial charge < -0.3 is 5.11 Å². The monoisotopic (exact) mass is 250 g/mol. The maximum absolute atomic E-state index is 12.3. The first-order valence-electron chi connectivity index (χ1n) is 4.13.